The number of imide groups is 1. The Kier molecular flexibility index (Phi) is 2.76. The number of aliphatic hydroxyl groups excluding tert-OH is 1. The molecule has 7 nitrogen and oxygen atoms in total. The predicted molar refractivity (Wildman–Crippen MR) is 76.7 cm³/mol. The van der Waals surface area contributed by atoms with Crippen LogP contribution in [0.4, 0.5) is 5.69 Å². The van der Waals surface area contributed by atoms with E-state index in [-0.39, 0.29) is 18.1 Å². The lowest BCUT2D eigenvalue weighted by atomic mass is 9.77. The molecular weight excluding hydrogens is 302 g/mol. The normalized spacial score (nSPS) is 34.3. The molecule has 2 fully saturated rings. The van der Waals surface area contributed by atoms with Gasteiger partial charge in [0.2, 0.25) is 11.8 Å². The maximum absolute atomic E-state index is 12.7. The number of rotatable bonds is 3. The lowest BCUT2D eigenvalue weighted by Gasteiger charge is -2.26. The number of hydrogen-bond acceptors (Lipinski definition) is 5. The van der Waals surface area contributed by atoms with Crippen LogP contribution in [0.2, 0.25) is 0 Å². The van der Waals surface area contributed by atoms with Crippen molar-refractivity contribution in [2.24, 2.45) is 11.8 Å². The van der Waals surface area contributed by atoms with Gasteiger partial charge in [-0.2, -0.15) is 0 Å². The Balaban J connectivity index is 1.72. The van der Waals surface area contributed by atoms with Gasteiger partial charge in [-0.1, -0.05) is 12.2 Å². The van der Waals surface area contributed by atoms with Crippen LogP contribution < -0.4 is 4.90 Å². The zero-order valence-corrected chi connectivity index (χ0v) is 11.9. The summed E-state index contributed by atoms with van der Waals surface area (Å²) >= 11 is 0. The van der Waals surface area contributed by atoms with Crippen LogP contribution in [0, 0.1) is 11.8 Å². The van der Waals surface area contributed by atoms with Crippen molar-refractivity contribution in [1.29, 1.82) is 0 Å². The third-order valence-corrected chi connectivity index (χ3v) is 4.77. The third kappa shape index (κ3) is 1.68. The van der Waals surface area contributed by atoms with Crippen LogP contribution in [0.3, 0.4) is 0 Å². The van der Waals surface area contributed by atoms with E-state index in [0.717, 1.165) is 4.90 Å². The summed E-state index contributed by atoms with van der Waals surface area (Å²) in [5, 5.41) is 18.5. The SMILES string of the molecule is O=C(O)c1ccc(N2C(=O)[C@@H]3[C@@H](C2=O)[C@@]2(CO)C=C[C@H]3O2)cc1. The molecule has 0 radical (unpaired) electrons. The quantitative estimate of drug-likeness (QED) is 0.609. The monoisotopic (exact) mass is 315 g/mol. The van der Waals surface area contributed by atoms with Gasteiger partial charge in [-0.15, -0.1) is 0 Å². The number of aliphatic hydroxyl groups is 1. The maximum Gasteiger partial charge on any atom is 0.335 e. The second-order valence-electron chi connectivity index (χ2n) is 5.92. The summed E-state index contributed by atoms with van der Waals surface area (Å²) in [4.78, 5) is 37.4. The fourth-order valence-electron chi connectivity index (χ4n) is 3.69. The minimum atomic E-state index is -1.13. The van der Waals surface area contributed by atoms with Crippen LogP contribution in [0.25, 0.3) is 0 Å². The summed E-state index contributed by atoms with van der Waals surface area (Å²) in [7, 11) is 0. The number of carbonyl (C=O) groups is 3. The van der Waals surface area contributed by atoms with Crippen LogP contribution in [-0.2, 0) is 14.3 Å². The zero-order valence-electron chi connectivity index (χ0n) is 11.9. The smallest absolute Gasteiger partial charge is 0.335 e. The molecule has 3 aliphatic rings. The minimum absolute atomic E-state index is 0.0740. The molecule has 0 spiro atoms. The highest BCUT2D eigenvalue weighted by atomic mass is 16.5. The van der Waals surface area contributed by atoms with Gasteiger partial charge in [0.05, 0.1) is 35.8 Å². The molecule has 2 amide bonds. The number of nitrogens with zero attached hydrogens (tertiary/aromatic N) is 1. The molecule has 0 unspecified atom stereocenters. The van der Waals surface area contributed by atoms with Crippen LogP contribution in [-0.4, -0.2) is 46.3 Å². The number of aromatic carboxylic acids is 1. The molecule has 0 saturated carbocycles. The first-order chi connectivity index (χ1) is 11.0. The molecule has 118 valence electrons. The highest BCUT2D eigenvalue weighted by Gasteiger charge is 2.67. The van der Waals surface area contributed by atoms with Gasteiger partial charge in [-0.3, -0.25) is 9.59 Å². The number of amides is 2. The standard InChI is InChI=1S/C16H13NO6/c18-7-16-6-5-10(23-16)11-12(16)14(20)17(13(11)19)9-3-1-8(2-4-9)15(21)22/h1-6,10-12,18H,7H2,(H,21,22)/t10-,11+,12+,16+/m1/s1. The van der Waals surface area contributed by atoms with Crippen LogP contribution in [0.15, 0.2) is 36.4 Å². The molecule has 3 heterocycles. The number of ether oxygens (including phenoxy) is 1. The Morgan fingerprint density at radius 3 is 2.52 bits per heavy atom. The maximum atomic E-state index is 12.7. The van der Waals surface area contributed by atoms with Gasteiger partial charge in [0, 0.05) is 0 Å². The van der Waals surface area contributed by atoms with Crippen molar-refractivity contribution in [3.05, 3.63) is 42.0 Å². The minimum Gasteiger partial charge on any atom is -0.478 e. The first kappa shape index (κ1) is 14.1. The summed E-state index contributed by atoms with van der Waals surface area (Å²) in [5.41, 5.74) is -0.727. The number of benzene rings is 1. The highest BCUT2D eigenvalue weighted by Crippen LogP contribution is 2.52. The van der Waals surface area contributed by atoms with Gasteiger partial charge >= 0.3 is 5.97 Å². The largest absolute Gasteiger partial charge is 0.478 e. The summed E-state index contributed by atoms with van der Waals surface area (Å²) in [6.45, 7) is -0.369. The second kappa shape index (κ2) is 4.50. The highest BCUT2D eigenvalue weighted by molar-refractivity contribution is 6.23. The van der Waals surface area contributed by atoms with Crippen LogP contribution in [0.5, 0.6) is 0 Å². The van der Waals surface area contributed by atoms with E-state index in [0.29, 0.717) is 5.69 Å². The molecule has 0 aromatic heterocycles. The topological polar surface area (TPSA) is 104 Å². The summed E-state index contributed by atoms with van der Waals surface area (Å²) in [6.07, 6.45) is 2.85. The Labute approximate surface area is 130 Å². The van der Waals surface area contributed by atoms with E-state index in [1.54, 1.807) is 12.2 Å². The van der Waals surface area contributed by atoms with Crippen molar-refractivity contribution in [3.8, 4) is 0 Å². The van der Waals surface area contributed by atoms with E-state index in [4.69, 9.17) is 9.84 Å². The molecule has 4 atom stereocenters. The van der Waals surface area contributed by atoms with Gasteiger partial charge in [0.25, 0.3) is 0 Å². The van der Waals surface area contributed by atoms with Crippen molar-refractivity contribution >= 4 is 23.5 Å². The number of carboxylic acid groups (broad SMARTS) is 1. The number of carboxylic acids is 1. The lowest BCUT2D eigenvalue weighted by molar-refractivity contribution is -0.128. The van der Waals surface area contributed by atoms with E-state index < -0.39 is 35.4 Å². The van der Waals surface area contributed by atoms with E-state index in [1.807, 2.05) is 0 Å². The second-order valence-corrected chi connectivity index (χ2v) is 5.92. The molecule has 1 aromatic carbocycles. The number of fused-ring (bicyclic) bond motifs is 5. The first-order valence-electron chi connectivity index (χ1n) is 7.18. The summed E-state index contributed by atoms with van der Waals surface area (Å²) in [5.74, 6) is -3.27. The molecule has 23 heavy (non-hydrogen) atoms. The van der Waals surface area contributed by atoms with E-state index in [1.165, 1.54) is 24.3 Å². The average Bonchev–Trinajstić information content (AvgIpc) is 3.19. The Morgan fingerprint density at radius 2 is 1.91 bits per heavy atom. The first-order valence-corrected chi connectivity index (χ1v) is 7.18. The fourth-order valence-corrected chi connectivity index (χ4v) is 3.69. The van der Waals surface area contributed by atoms with Crippen LogP contribution >= 0.6 is 0 Å². The third-order valence-electron chi connectivity index (χ3n) is 4.77. The molecule has 0 aliphatic carbocycles. The van der Waals surface area contributed by atoms with Crippen molar-refractivity contribution in [1.82, 2.24) is 0 Å². The molecule has 2 N–H and O–H groups in total. The molecule has 1 aromatic rings. The Hall–Kier alpha value is -2.51. The predicted octanol–water partition coefficient (Wildman–Crippen LogP) is 0.190. The van der Waals surface area contributed by atoms with Gasteiger partial charge < -0.3 is 14.9 Å². The van der Waals surface area contributed by atoms with E-state index in [2.05, 4.69) is 0 Å². The van der Waals surface area contributed by atoms with Gasteiger partial charge in [-0.05, 0) is 24.3 Å². The zero-order chi connectivity index (χ0) is 16.4. The average molecular weight is 315 g/mol. The molecule has 3 aliphatic heterocycles. The molecule has 2 saturated heterocycles. The summed E-state index contributed by atoms with van der Waals surface area (Å²) < 4.78 is 5.64. The van der Waals surface area contributed by atoms with Gasteiger partial charge in [0.1, 0.15) is 5.60 Å². The van der Waals surface area contributed by atoms with Crippen LogP contribution in [0.1, 0.15) is 10.4 Å². The van der Waals surface area contributed by atoms with E-state index in [9.17, 15) is 19.5 Å². The van der Waals surface area contributed by atoms with Crippen molar-refractivity contribution in [2.45, 2.75) is 11.7 Å². The number of anilines is 1. The molecule has 7 heteroatoms. The van der Waals surface area contributed by atoms with Gasteiger partial charge in [0.15, 0.2) is 0 Å². The lowest BCUT2D eigenvalue weighted by Crippen LogP contribution is -2.43. The van der Waals surface area contributed by atoms with Crippen molar-refractivity contribution < 1.29 is 29.3 Å². The summed E-state index contributed by atoms with van der Waals surface area (Å²) in [6, 6.07) is 5.55. The Morgan fingerprint density at radius 1 is 1.22 bits per heavy atom. The molecular formula is C16H13NO6. The Bertz CT molecular complexity index is 754. The molecule has 4 rings (SSSR count). The van der Waals surface area contributed by atoms with Crippen molar-refractivity contribution in [2.75, 3.05) is 11.5 Å². The van der Waals surface area contributed by atoms with E-state index >= 15 is 0 Å². The fraction of sp³-hybridized carbons (Fsp3) is 0.312. The van der Waals surface area contributed by atoms with Crippen molar-refractivity contribution in [3.63, 3.8) is 0 Å². The number of carbonyl (C=O) groups excluding carboxylic acids is 2. The molecule has 2 bridgehead atoms. The number of hydrogen-bond donors (Lipinski definition) is 2. The van der Waals surface area contributed by atoms with Gasteiger partial charge in [-0.25, -0.2) is 9.69 Å².